The molecule has 0 N–H and O–H groups in total. The van der Waals surface area contributed by atoms with Gasteiger partial charge in [0.15, 0.2) is 5.82 Å². The fraction of sp³-hybridized carbons (Fsp3) is 0.0455. The van der Waals surface area contributed by atoms with Crippen LogP contribution in [0.2, 0.25) is 0 Å². The van der Waals surface area contributed by atoms with Crippen molar-refractivity contribution in [3.63, 3.8) is 0 Å². The van der Waals surface area contributed by atoms with Crippen molar-refractivity contribution in [2.24, 2.45) is 0 Å². The van der Waals surface area contributed by atoms with E-state index in [9.17, 15) is 4.79 Å². The molecule has 5 rings (SSSR count). The normalized spacial score (nSPS) is 12.1. The molecule has 0 atom stereocenters. The highest BCUT2D eigenvalue weighted by molar-refractivity contribution is 9.10. The summed E-state index contributed by atoms with van der Waals surface area (Å²) in [5.74, 6) is 1.91. The number of furan rings is 1. The molecule has 29 heavy (non-hydrogen) atoms. The molecular formula is C22H14BrN3O2S. The lowest BCUT2D eigenvalue weighted by molar-refractivity contribution is 0.571. The van der Waals surface area contributed by atoms with Crippen molar-refractivity contribution in [1.82, 2.24) is 14.6 Å². The first-order valence-corrected chi connectivity index (χ1v) is 10.5. The van der Waals surface area contributed by atoms with Crippen LogP contribution in [0.5, 0.6) is 0 Å². The predicted molar refractivity (Wildman–Crippen MR) is 118 cm³/mol. The molecule has 0 spiro atoms. The van der Waals surface area contributed by atoms with Crippen LogP contribution in [-0.4, -0.2) is 14.6 Å². The van der Waals surface area contributed by atoms with Crippen LogP contribution in [0.1, 0.15) is 11.3 Å². The smallest absolute Gasteiger partial charge is 0.291 e. The first-order chi connectivity index (χ1) is 14.1. The molecule has 0 bridgehead atoms. The van der Waals surface area contributed by atoms with E-state index in [1.165, 1.54) is 15.9 Å². The monoisotopic (exact) mass is 463 g/mol. The van der Waals surface area contributed by atoms with Crippen LogP contribution in [0.25, 0.3) is 33.7 Å². The third-order valence-corrected chi connectivity index (χ3v) is 5.92. The van der Waals surface area contributed by atoms with Crippen LogP contribution in [0, 0.1) is 6.92 Å². The molecule has 0 fully saturated rings. The van der Waals surface area contributed by atoms with E-state index < -0.39 is 0 Å². The van der Waals surface area contributed by atoms with Gasteiger partial charge >= 0.3 is 0 Å². The average molecular weight is 464 g/mol. The summed E-state index contributed by atoms with van der Waals surface area (Å²) < 4.78 is 8.77. The Labute approximate surface area is 178 Å². The molecule has 0 unspecified atom stereocenters. The molecule has 5 aromatic rings. The number of aryl methyl sites for hydroxylation is 1. The number of fused-ring (bicyclic) bond motifs is 1. The Morgan fingerprint density at radius 2 is 1.90 bits per heavy atom. The molecular weight excluding hydrogens is 450 g/mol. The number of thiazole rings is 1. The maximum absolute atomic E-state index is 12.8. The topological polar surface area (TPSA) is 60.4 Å². The van der Waals surface area contributed by atoms with Gasteiger partial charge in [-0.25, -0.2) is 0 Å². The van der Waals surface area contributed by atoms with Gasteiger partial charge in [-0.15, -0.1) is 5.10 Å². The summed E-state index contributed by atoms with van der Waals surface area (Å²) in [5, 5.41) is 4.40. The average Bonchev–Trinajstić information content (AvgIpc) is 3.40. The Morgan fingerprint density at radius 3 is 2.69 bits per heavy atom. The first kappa shape index (κ1) is 18.0. The maximum atomic E-state index is 12.8. The number of rotatable bonds is 3. The number of hydrogen-bond donors (Lipinski definition) is 0. The van der Waals surface area contributed by atoms with E-state index in [4.69, 9.17) is 4.42 Å². The molecule has 142 valence electrons. The standard InChI is InChI=1S/C22H14BrN3O2S/c1-13-4-2-6-15(10-13)20-24-22-26(25-20)21(27)19(29-22)12-17-8-9-18(28-17)14-5-3-7-16(23)11-14/h2-12H,1H3/b19-12+. The highest BCUT2D eigenvalue weighted by atomic mass is 79.9. The van der Waals surface area contributed by atoms with E-state index >= 15 is 0 Å². The van der Waals surface area contributed by atoms with Crippen LogP contribution in [0.3, 0.4) is 0 Å². The molecule has 0 amide bonds. The second-order valence-electron chi connectivity index (χ2n) is 6.63. The molecule has 7 heteroatoms. The third-order valence-electron chi connectivity index (χ3n) is 4.47. The van der Waals surface area contributed by atoms with E-state index in [2.05, 4.69) is 26.0 Å². The lowest BCUT2D eigenvalue weighted by Crippen LogP contribution is -2.23. The minimum Gasteiger partial charge on any atom is -0.457 e. The highest BCUT2D eigenvalue weighted by Crippen LogP contribution is 2.25. The summed E-state index contributed by atoms with van der Waals surface area (Å²) in [6.45, 7) is 2.01. The molecule has 3 aromatic heterocycles. The highest BCUT2D eigenvalue weighted by Gasteiger charge is 2.12. The number of benzene rings is 2. The summed E-state index contributed by atoms with van der Waals surface area (Å²) in [5.41, 5.74) is 2.79. The number of hydrogen-bond acceptors (Lipinski definition) is 5. The van der Waals surface area contributed by atoms with Crippen molar-refractivity contribution >= 4 is 38.3 Å². The molecule has 0 aliphatic heterocycles. The van der Waals surface area contributed by atoms with Crippen molar-refractivity contribution < 1.29 is 4.42 Å². The van der Waals surface area contributed by atoms with Gasteiger partial charge < -0.3 is 4.42 Å². The second-order valence-corrected chi connectivity index (χ2v) is 8.55. The lowest BCUT2D eigenvalue weighted by atomic mass is 10.1. The molecule has 2 aromatic carbocycles. The summed E-state index contributed by atoms with van der Waals surface area (Å²) in [7, 11) is 0. The summed E-state index contributed by atoms with van der Waals surface area (Å²) in [6.07, 6.45) is 1.73. The zero-order valence-electron chi connectivity index (χ0n) is 15.3. The van der Waals surface area contributed by atoms with E-state index in [1.807, 2.05) is 67.6 Å². The number of aromatic nitrogens is 3. The van der Waals surface area contributed by atoms with Crippen molar-refractivity contribution in [3.05, 3.63) is 91.3 Å². The minimum atomic E-state index is -0.197. The molecule has 0 saturated carbocycles. The minimum absolute atomic E-state index is 0.197. The van der Waals surface area contributed by atoms with Crippen molar-refractivity contribution in [3.8, 4) is 22.7 Å². The summed E-state index contributed by atoms with van der Waals surface area (Å²) in [6, 6.07) is 19.5. The van der Waals surface area contributed by atoms with Crippen LogP contribution in [0.15, 0.2) is 74.3 Å². The van der Waals surface area contributed by atoms with Crippen LogP contribution < -0.4 is 10.1 Å². The largest absolute Gasteiger partial charge is 0.457 e. The second kappa shape index (κ2) is 7.09. The van der Waals surface area contributed by atoms with Crippen molar-refractivity contribution in [2.75, 3.05) is 0 Å². The van der Waals surface area contributed by atoms with Gasteiger partial charge in [0.25, 0.3) is 5.56 Å². The molecule has 0 radical (unpaired) electrons. The Kier molecular flexibility index (Phi) is 4.41. The Bertz CT molecular complexity index is 1470. The third kappa shape index (κ3) is 3.43. The van der Waals surface area contributed by atoms with Crippen molar-refractivity contribution in [1.29, 1.82) is 0 Å². The molecule has 0 saturated heterocycles. The lowest BCUT2D eigenvalue weighted by Gasteiger charge is -1.96. The summed E-state index contributed by atoms with van der Waals surface area (Å²) >= 11 is 4.77. The van der Waals surface area contributed by atoms with Gasteiger partial charge in [-0.2, -0.15) is 9.50 Å². The van der Waals surface area contributed by atoms with Crippen LogP contribution >= 0.6 is 27.3 Å². The van der Waals surface area contributed by atoms with Gasteiger partial charge in [0.05, 0.1) is 0 Å². The molecule has 0 aliphatic rings. The predicted octanol–water partition coefficient (Wildman–Crippen LogP) is 4.70. The Hall–Kier alpha value is -3.03. The number of halogens is 1. The van der Waals surface area contributed by atoms with Gasteiger partial charge in [0, 0.05) is 21.7 Å². The van der Waals surface area contributed by atoms with E-state index in [0.717, 1.165) is 26.9 Å². The van der Waals surface area contributed by atoms with Crippen LogP contribution in [-0.2, 0) is 0 Å². The summed E-state index contributed by atoms with van der Waals surface area (Å²) in [4.78, 5) is 17.8. The van der Waals surface area contributed by atoms with Gasteiger partial charge in [-0.3, -0.25) is 4.79 Å². The van der Waals surface area contributed by atoms with Crippen molar-refractivity contribution in [2.45, 2.75) is 6.92 Å². The van der Waals surface area contributed by atoms with E-state index in [0.29, 0.717) is 21.1 Å². The van der Waals surface area contributed by atoms with Gasteiger partial charge in [-0.05, 0) is 37.3 Å². The Balaban J connectivity index is 1.53. The fourth-order valence-electron chi connectivity index (χ4n) is 3.10. The quantitative estimate of drug-likeness (QED) is 0.389. The fourth-order valence-corrected chi connectivity index (χ4v) is 4.38. The number of nitrogens with zero attached hydrogens (tertiary/aromatic N) is 3. The SMILES string of the molecule is Cc1cccc(-c2nc3s/c(=C/c4ccc(-c5cccc(Br)c5)o4)c(=O)n3n2)c1. The van der Waals surface area contributed by atoms with E-state index in [1.54, 1.807) is 6.08 Å². The van der Waals surface area contributed by atoms with Crippen LogP contribution in [0.4, 0.5) is 0 Å². The maximum Gasteiger partial charge on any atom is 0.291 e. The molecule has 3 heterocycles. The van der Waals surface area contributed by atoms with Gasteiger partial charge in [-0.1, -0.05) is 63.2 Å². The Morgan fingerprint density at radius 1 is 1.07 bits per heavy atom. The zero-order chi connectivity index (χ0) is 20.0. The zero-order valence-corrected chi connectivity index (χ0v) is 17.7. The van der Waals surface area contributed by atoms with Gasteiger partial charge in [0.2, 0.25) is 4.96 Å². The van der Waals surface area contributed by atoms with Gasteiger partial charge in [0.1, 0.15) is 16.1 Å². The first-order valence-electron chi connectivity index (χ1n) is 8.91. The molecule has 5 nitrogen and oxygen atoms in total. The van der Waals surface area contributed by atoms with E-state index in [-0.39, 0.29) is 5.56 Å². The molecule has 0 aliphatic carbocycles.